The van der Waals surface area contributed by atoms with Gasteiger partial charge in [0.05, 0.1) is 10.4 Å². The van der Waals surface area contributed by atoms with Gasteiger partial charge in [0.1, 0.15) is 0 Å². The first-order valence-electron chi connectivity index (χ1n) is 6.75. The Bertz CT molecular complexity index is 1020. The largest absolute Gasteiger partial charge is 0.364 e. The molecule has 1 heterocycles. The van der Waals surface area contributed by atoms with Gasteiger partial charge in [-0.1, -0.05) is 29.8 Å². The Morgan fingerprint density at radius 1 is 1.09 bits per heavy atom. The Labute approximate surface area is 132 Å². The highest BCUT2D eigenvalue weighted by atomic mass is 32.2. The van der Waals surface area contributed by atoms with Crippen LogP contribution in [-0.4, -0.2) is 18.3 Å². The van der Waals surface area contributed by atoms with Crippen molar-refractivity contribution in [2.45, 2.75) is 11.8 Å². The van der Waals surface area contributed by atoms with Crippen LogP contribution in [-0.2, 0) is 10.0 Å². The van der Waals surface area contributed by atoms with Crippen molar-refractivity contribution in [2.75, 3.05) is 0 Å². The van der Waals surface area contributed by atoms with E-state index in [9.17, 15) is 17.6 Å². The van der Waals surface area contributed by atoms with E-state index in [1.807, 2.05) is 6.92 Å². The number of para-hydroxylation sites is 1. The smallest absolute Gasteiger partial charge is 0.269 e. The maximum atomic E-state index is 14.5. The van der Waals surface area contributed by atoms with E-state index in [1.54, 1.807) is 24.3 Å². The molecule has 0 unspecified atom stereocenters. The van der Waals surface area contributed by atoms with Gasteiger partial charge in [0, 0.05) is 5.39 Å². The van der Waals surface area contributed by atoms with Crippen molar-refractivity contribution in [1.82, 2.24) is 3.97 Å². The number of halogens is 1. The summed E-state index contributed by atoms with van der Waals surface area (Å²) >= 11 is 0. The van der Waals surface area contributed by atoms with E-state index in [-0.39, 0.29) is 15.8 Å². The van der Waals surface area contributed by atoms with Gasteiger partial charge in [-0.2, -0.15) is 0 Å². The van der Waals surface area contributed by atoms with E-state index in [1.165, 1.54) is 24.3 Å². The molecule has 1 aromatic heterocycles. The number of rotatable bonds is 3. The van der Waals surface area contributed by atoms with Crippen LogP contribution < -0.4 is 5.73 Å². The molecule has 2 aromatic carbocycles. The van der Waals surface area contributed by atoms with E-state index >= 15 is 0 Å². The van der Waals surface area contributed by atoms with E-state index in [0.29, 0.717) is 3.97 Å². The molecule has 0 bridgehead atoms. The molecule has 3 rings (SSSR count). The summed E-state index contributed by atoms with van der Waals surface area (Å²) in [4.78, 5) is 11.6. The fraction of sp³-hybridized carbons (Fsp3) is 0.0625. The van der Waals surface area contributed by atoms with Crippen molar-refractivity contribution in [3.05, 3.63) is 65.6 Å². The Morgan fingerprint density at radius 2 is 1.70 bits per heavy atom. The molecule has 0 radical (unpaired) electrons. The van der Waals surface area contributed by atoms with Crippen LogP contribution in [0.4, 0.5) is 4.39 Å². The van der Waals surface area contributed by atoms with Crippen LogP contribution in [0.5, 0.6) is 0 Å². The number of aromatic nitrogens is 1. The summed E-state index contributed by atoms with van der Waals surface area (Å²) in [5.74, 6) is -2.09. The lowest BCUT2D eigenvalue weighted by atomic mass is 10.2. The molecule has 118 valence electrons. The Kier molecular flexibility index (Phi) is 3.45. The van der Waals surface area contributed by atoms with E-state index in [0.717, 1.165) is 5.56 Å². The van der Waals surface area contributed by atoms with Gasteiger partial charge in [-0.15, -0.1) is 0 Å². The highest BCUT2D eigenvalue weighted by Gasteiger charge is 2.29. The third-order valence-electron chi connectivity index (χ3n) is 3.56. The van der Waals surface area contributed by atoms with Crippen LogP contribution in [0.3, 0.4) is 0 Å². The topological polar surface area (TPSA) is 82.2 Å². The molecule has 2 N–H and O–H groups in total. The zero-order valence-corrected chi connectivity index (χ0v) is 13.0. The molecular formula is C16H13FN2O3S. The van der Waals surface area contributed by atoms with E-state index in [2.05, 4.69) is 0 Å². The van der Waals surface area contributed by atoms with Crippen molar-refractivity contribution in [1.29, 1.82) is 0 Å². The molecule has 0 aliphatic carbocycles. The first-order chi connectivity index (χ1) is 10.8. The number of aryl methyl sites for hydroxylation is 1. The minimum absolute atomic E-state index is 0.0250. The molecule has 0 fully saturated rings. The molecule has 1 amide bonds. The predicted molar refractivity (Wildman–Crippen MR) is 84.2 cm³/mol. The Morgan fingerprint density at radius 3 is 2.30 bits per heavy atom. The van der Waals surface area contributed by atoms with E-state index in [4.69, 9.17) is 5.73 Å². The molecule has 0 atom stereocenters. The molecule has 0 saturated carbocycles. The lowest BCUT2D eigenvalue weighted by Crippen LogP contribution is -2.23. The van der Waals surface area contributed by atoms with Crippen LogP contribution >= 0.6 is 0 Å². The zero-order valence-electron chi connectivity index (χ0n) is 12.2. The van der Waals surface area contributed by atoms with Crippen LogP contribution in [0.25, 0.3) is 10.9 Å². The summed E-state index contributed by atoms with van der Waals surface area (Å²) < 4.78 is 40.9. The summed E-state index contributed by atoms with van der Waals surface area (Å²) in [6, 6.07) is 12.0. The highest BCUT2D eigenvalue weighted by molar-refractivity contribution is 7.90. The average Bonchev–Trinajstić information content (AvgIpc) is 2.82. The number of hydrogen-bond acceptors (Lipinski definition) is 3. The fourth-order valence-corrected chi connectivity index (χ4v) is 3.97. The average molecular weight is 332 g/mol. The number of carbonyl (C=O) groups excluding carboxylic acids is 1. The number of hydrogen-bond donors (Lipinski definition) is 1. The Hall–Kier alpha value is -2.67. The molecule has 0 aliphatic rings. The number of nitrogens with zero attached hydrogens (tertiary/aromatic N) is 1. The summed E-state index contributed by atoms with van der Waals surface area (Å²) in [6.07, 6.45) is 0. The number of carbonyl (C=O) groups is 1. The lowest BCUT2D eigenvalue weighted by molar-refractivity contribution is 0.0991. The second-order valence-corrected chi connectivity index (χ2v) is 6.91. The second-order valence-electron chi connectivity index (χ2n) is 5.13. The molecule has 0 saturated heterocycles. The highest BCUT2D eigenvalue weighted by Crippen LogP contribution is 2.29. The van der Waals surface area contributed by atoms with Crippen molar-refractivity contribution in [2.24, 2.45) is 5.73 Å². The summed E-state index contributed by atoms with van der Waals surface area (Å²) in [6.45, 7) is 1.82. The quantitative estimate of drug-likeness (QED) is 0.799. The van der Waals surface area contributed by atoms with Crippen LogP contribution in [0.2, 0.25) is 0 Å². The van der Waals surface area contributed by atoms with E-state index < -0.39 is 27.4 Å². The zero-order chi connectivity index (χ0) is 16.8. The number of amides is 1. The van der Waals surface area contributed by atoms with Gasteiger partial charge in [0.15, 0.2) is 11.5 Å². The Balaban J connectivity index is 2.41. The van der Waals surface area contributed by atoms with Gasteiger partial charge in [0.2, 0.25) is 0 Å². The standard InChI is InChI=1S/C16H13FN2O3S/c1-10-6-8-11(9-7-10)23(21,22)19-13-5-3-2-4-12(13)14(17)15(19)16(18)20/h2-9H,1H3,(H2,18,20). The van der Waals surface area contributed by atoms with Crippen molar-refractivity contribution in [3.63, 3.8) is 0 Å². The number of benzene rings is 2. The molecule has 0 aliphatic heterocycles. The minimum atomic E-state index is -4.16. The molecule has 23 heavy (non-hydrogen) atoms. The molecule has 5 nitrogen and oxygen atoms in total. The number of nitrogens with two attached hydrogens (primary N) is 1. The molecule has 0 spiro atoms. The van der Waals surface area contributed by atoms with Gasteiger partial charge < -0.3 is 5.73 Å². The second kappa shape index (κ2) is 5.20. The predicted octanol–water partition coefficient (Wildman–Crippen LogP) is 2.42. The lowest BCUT2D eigenvalue weighted by Gasteiger charge is -2.10. The van der Waals surface area contributed by atoms with Gasteiger partial charge in [-0.05, 0) is 31.2 Å². The van der Waals surface area contributed by atoms with Crippen LogP contribution in [0.1, 0.15) is 16.1 Å². The normalized spacial score (nSPS) is 11.7. The van der Waals surface area contributed by atoms with Gasteiger partial charge >= 0.3 is 0 Å². The summed E-state index contributed by atoms with van der Waals surface area (Å²) in [7, 11) is -4.16. The first-order valence-corrected chi connectivity index (χ1v) is 8.19. The maximum Gasteiger partial charge on any atom is 0.269 e. The van der Waals surface area contributed by atoms with Crippen LogP contribution in [0.15, 0.2) is 53.4 Å². The van der Waals surface area contributed by atoms with Gasteiger partial charge in [0.25, 0.3) is 15.9 Å². The van der Waals surface area contributed by atoms with Gasteiger partial charge in [-0.3, -0.25) is 4.79 Å². The fourth-order valence-electron chi connectivity index (χ4n) is 2.45. The van der Waals surface area contributed by atoms with Crippen molar-refractivity contribution < 1.29 is 17.6 Å². The molecular weight excluding hydrogens is 319 g/mol. The summed E-state index contributed by atoms with van der Waals surface area (Å²) in [5, 5.41) is 0.0250. The van der Waals surface area contributed by atoms with Gasteiger partial charge in [-0.25, -0.2) is 16.8 Å². The number of fused-ring (bicyclic) bond motifs is 1. The maximum absolute atomic E-state index is 14.5. The SMILES string of the molecule is Cc1ccc(S(=O)(=O)n2c(C(N)=O)c(F)c3ccccc32)cc1. The number of primary amides is 1. The monoisotopic (exact) mass is 332 g/mol. The molecule has 3 aromatic rings. The third kappa shape index (κ3) is 2.29. The first kappa shape index (κ1) is 15.2. The van der Waals surface area contributed by atoms with Crippen LogP contribution in [0, 0.1) is 12.7 Å². The molecule has 7 heteroatoms. The summed E-state index contributed by atoms with van der Waals surface area (Å²) in [5.41, 5.74) is 5.49. The van der Waals surface area contributed by atoms with Crippen molar-refractivity contribution in [3.8, 4) is 0 Å². The third-order valence-corrected chi connectivity index (χ3v) is 5.29. The van der Waals surface area contributed by atoms with Crippen molar-refractivity contribution >= 4 is 26.8 Å². The minimum Gasteiger partial charge on any atom is -0.364 e.